The van der Waals surface area contributed by atoms with Gasteiger partial charge < -0.3 is 14.8 Å². The van der Waals surface area contributed by atoms with E-state index in [4.69, 9.17) is 26.7 Å². The van der Waals surface area contributed by atoms with Gasteiger partial charge in [0.25, 0.3) is 11.5 Å². The molecule has 1 fully saturated rings. The lowest BCUT2D eigenvalue weighted by Gasteiger charge is -2.21. The molecule has 1 saturated heterocycles. The van der Waals surface area contributed by atoms with E-state index in [-0.39, 0.29) is 24.3 Å². The standard InChI is InChI=1S/C25H24N4O4S2/c1-4-15(3)29-24(31)20(35-25(29)34)10-17-22(27-21-8-5-14(2)12-28(21)23(17)30)26-11-16-6-7-18-19(9-16)33-13-32-18/h5-10,12,15,26H,4,11,13H2,1-3H3/b20-10-/t15-/m1/s1. The number of hydrogen-bond donors (Lipinski definition) is 1. The highest BCUT2D eigenvalue weighted by Crippen LogP contribution is 2.35. The molecule has 0 bridgehead atoms. The number of thioether (sulfide) groups is 1. The summed E-state index contributed by atoms with van der Waals surface area (Å²) in [7, 11) is 0. The number of anilines is 1. The Morgan fingerprint density at radius 1 is 1.23 bits per heavy atom. The van der Waals surface area contributed by atoms with Gasteiger partial charge in [0.2, 0.25) is 6.79 Å². The van der Waals surface area contributed by atoms with Gasteiger partial charge in [0.1, 0.15) is 15.8 Å². The molecular weight excluding hydrogens is 484 g/mol. The number of fused-ring (bicyclic) bond motifs is 2. The van der Waals surface area contributed by atoms with E-state index in [1.165, 1.54) is 16.2 Å². The van der Waals surface area contributed by atoms with Gasteiger partial charge in [0, 0.05) is 18.8 Å². The van der Waals surface area contributed by atoms with Crippen LogP contribution >= 0.6 is 24.0 Å². The molecule has 0 unspecified atom stereocenters. The summed E-state index contributed by atoms with van der Waals surface area (Å²) >= 11 is 6.67. The average Bonchev–Trinajstić information content (AvgIpc) is 3.42. The van der Waals surface area contributed by atoms with Gasteiger partial charge in [-0.05, 0) is 55.7 Å². The maximum atomic E-state index is 13.5. The van der Waals surface area contributed by atoms with Crippen molar-refractivity contribution in [2.24, 2.45) is 0 Å². The van der Waals surface area contributed by atoms with Crippen LogP contribution in [0.5, 0.6) is 11.5 Å². The number of carbonyl (C=O) groups is 1. The fourth-order valence-electron chi connectivity index (χ4n) is 3.93. The Labute approximate surface area is 211 Å². The third-order valence-corrected chi connectivity index (χ3v) is 7.36. The number of amides is 1. The summed E-state index contributed by atoms with van der Waals surface area (Å²) in [4.78, 5) is 33.4. The van der Waals surface area contributed by atoms with Gasteiger partial charge in [-0.3, -0.25) is 18.9 Å². The van der Waals surface area contributed by atoms with Crippen LogP contribution < -0.4 is 20.3 Å². The van der Waals surface area contributed by atoms with Crippen molar-refractivity contribution in [3.05, 3.63) is 68.5 Å². The van der Waals surface area contributed by atoms with Gasteiger partial charge in [0.05, 0.1) is 10.5 Å². The molecule has 180 valence electrons. The zero-order valence-electron chi connectivity index (χ0n) is 19.5. The molecule has 0 saturated carbocycles. The van der Waals surface area contributed by atoms with Gasteiger partial charge in [-0.2, -0.15) is 0 Å². The summed E-state index contributed by atoms with van der Waals surface area (Å²) in [6.07, 6.45) is 4.13. The minimum Gasteiger partial charge on any atom is -0.454 e. The average molecular weight is 509 g/mol. The second-order valence-corrected chi connectivity index (χ2v) is 10.1. The van der Waals surface area contributed by atoms with E-state index >= 15 is 0 Å². The number of hydrogen-bond acceptors (Lipinski definition) is 8. The zero-order valence-corrected chi connectivity index (χ0v) is 21.2. The third kappa shape index (κ3) is 4.39. The summed E-state index contributed by atoms with van der Waals surface area (Å²) < 4.78 is 12.8. The van der Waals surface area contributed by atoms with E-state index in [1.807, 2.05) is 45.0 Å². The Kier molecular flexibility index (Phi) is 6.24. The lowest BCUT2D eigenvalue weighted by Crippen LogP contribution is -2.36. The van der Waals surface area contributed by atoms with E-state index in [2.05, 4.69) is 5.32 Å². The van der Waals surface area contributed by atoms with E-state index < -0.39 is 0 Å². The van der Waals surface area contributed by atoms with Crippen molar-refractivity contribution in [2.45, 2.75) is 39.8 Å². The summed E-state index contributed by atoms with van der Waals surface area (Å²) in [6, 6.07) is 9.36. The molecule has 0 spiro atoms. The highest BCUT2D eigenvalue weighted by atomic mass is 32.2. The third-order valence-electron chi connectivity index (χ3n) is 6.03. The minimum atomic E-state index is -0.263. The van der Waals surface area contributed by atoms with Crippen LogP contribution in [0.25, 0.3) is 11.7 Å². The van der Waals surface area contributed by atoms with Crippen LogP contribution in [0.15, 0.2) is 46.2 Å². The van der Waals surface area contributed by atoms with Gasteiger partial charge in [0.15, 0.2) is 11.5 Å². The highest BCUT2D eigenvalue weighted by Gasteiger charge is 2.35. The first-order chi connectivity index (χ1) is 16.9. The lowest BCUT2D eigenvalue weighted by molar-refractivity contribution is -0.123. The molecule has 5 rings (SSSR count). The molecule has 2 aromatic heterocycles. The zero-order chi connectivity index (χ0) is 24.7. The monoisotopic (exact) mass is 508 g/mol. The van der Waals surface area contributed by atoms with Crippen LogP contribution in [0, 0.1) is 6.92 Å². The number of thiocarbonyl (C=S) groups is 1. The number of nitrogens with one attached hydrogen (secondary N) is 1. The topological polar surface area (TPSA) is 85.2 Å². The number of rotatable bonds is 6. The van der Waals surface area contributed by atoms with Crippen LogP contribution in [-0.2, 0) is 11.3 Å². The lowest BCUT2D eigenvalue weighted by atomic mass is 10.2. The second kappa shape index (κ2) is 9.35. The van der Waals surface area contributed by atoms with Crippen molar-refractivity contribution in [1.29, 1.82) is 0 Å². The van der Waals surface area contributed by atoms with E-state index in [1.54, 1.807) is 23.2 Å². The van der Waals surface area contributed by atoms with Crippen LogP contribution in [0.2, 0.25) is 0 Å². The molecular formula is C25H24N4O4S2. The first-order valence-corrected chi connectivity index (χ1v) is 12.5. The SMILES string of the molecule is CC[C@@H](C)N1C(=O)/C(=C/c2c(NCc3ccc4c(c3)OCO4)nc3ccc(C)cn3c2=O)SC1=S. The Morgan fingerprint density at radius 2 is 2.03 bits per heavy atom. The van der Waals surface area contributed by atoms with Gasteiger partial charge >= 0.3 is 0 Å². The van der Waals surface area contributed by atoms with Crippen molar-refractivity contribution in [3.63, 3.8) is 0 Å². The first-order valence-electron chi connectivity index (χ1n) is 11.3. The Hall–Kier alpha value is -3.37. The molecule has 0 aliphatic carbocycles. The van der Waals surface area contributed by atoms with E-state index in [9.17, 15) is 9.59 Å². The van der Waals surface area contributed by atoms with Gasteiger partial charge in [-0.25, -0.2) is 4.98 Å². The Bertz CT molecular complexity index is 1450. The molecule has 35 heavy (non-hydrogen) atoms. The van der Waals surface area contributed by atoms with Crippen LogP contribution in [0.4, 0.5) is 5.82 Å². The number of pyridine rings is 1. The van der Waals surface area contributed by atoms with Crippen molar-refractivity contribution in [3.8, 4) is 11.5 Å². The van der Waals surface area contributed by atoms with E-state index in [0.717, 1.165) is 17.5 Å². The normalized spacial score (nSPS) is 17.0. The van der Waals surface area contributed by atoms with Crippen LogP contribution in [0.1, 0.15) is 37.0 Å². The molecule has 1 aromatic carbocycles. The van der Waals surface area contributed by atoms with Crippen molar-refractivity contribution in [2.75, 3.05) is 12.1 Å². The molecule has 10 heteroatoms. The maximum Gasteiger partial charge on any atom is 0.267 e. The summed E-state index contributed by atoms with van der Waals surface area (Å²) in [5.74, 6) is 1.59. The molecule has 0 radical (unpaired) electrons. The van der Waals surface area contributed by atoms with Crippen molar-refractivity contribution < 1.29 is 14.3 Å². The number of aromatic nitrogens is 2. The van der Waals surface area contributed by atoms with Crippen molar-refractivity contribution >= 4 is 51.7 Å². The Balaban J connectivity index is 1.55. The van der Waals surface area contributed by atoms with Crippen LogP contribution in [-0.4, -0.2) is 37.3 Å². The largest absolute Gasteiger partial charge is 0.454 e. The smallest absolute Gasteiger partial charge is 0.267 e. The van der Waals surface area contributed by atoms with Gasteiger partial charge in [-0.15, -0.1) is 0 Å². The van der Waals surface area contributed by atoms with Crippen molar-refractivity contribution in [1.82, 2.24) is 14.3 Å². The molecule has 1 amide bonds. The molecule has 8 nitrogen and oxygen atoms in total. The van der Waals surface area contributed by atoms with Crippen LogP contribution in [0.3, 0.4) is 0 Å². The molecule has 3 aromatic rings. The first kappa shape index (κ1) is 23.4. The second-order valence-electron chi connectivity index (χ2n) is 8.46. The maximum absolute atomic E-state index is 13.5. The number of carbonyl (C=O) groups excluding carboxylic acids is 1. The molecule has 1 N–H and O–H groups in total. The predicted octanol–water partition coefficient (Wildman–Crippen LogP) is 4.34. The number of nitrogens with zero attached hydrogens (tertiary/aromatic N) is 3. The summed E-state index contributed by atoms with van der Waals surface area (Å²) in [5, 5.41) is 3.28. The summed E-state index contributed by atoms with van der Waals surface area (Å²) in [5.41, 5.74) is 2.42. The fraction of sp³-hybridized carbons (Fsp3) is 0.280. The Morgan fingerprint density at radius 3 is 2.83 bits per heavy atom. The molecule has 4 heterocycles. The minimum absolute atomic E-state index is 0.0181. The number of benzene rings is 1. The fourth-order valence-corrected chi connectivity index (χ4v) is 5.38. The highest BCUT2D eigenvalue weighted by molar-refractivity contribution is 8.26. The van der Waals surface area contributed by atoms with Gasteiger partial charge in [-0.1, -0.05) is 43.0 Å². The summed E-state index contributed by atoms with van der Waals surface area (Å²) in [6.45, 7) is 6.48. The number of aryl methyl sites for hydroxylation is 1. The quantitative estimate of drug-likeness (QED) is 0.389. The van der Waals surface area contributed by atoms with E-state index in [0.29, 0.717) is 44.3 Å². The molecule has 1 atom stereocenters. The number of ether oxygens (including phenoxy) is 2. The molecule has 2 aliphatic heterocycles. The molecule has 2 aliphatic rings. The predicted molar refractivity (Wildman–Crippen MR) is 141 cm³/mol.